The third kappa shape index (κ3) is 2.97. The van der Waals surface area contributed by atoms with E-state index in [1.165, 1.54) is 12.8 Å². The van der Waals surface area contributed by atoms with E-state index in [1.54, 1.807) is 0 Å². The van der Waals surface area contributed by atoms with Crippen molar-refractivity contribution in [2.75, 3.05) is 13.2 Å². The monoisotopic (exact) mass is 265 g/mol. The summed E-state index contributed by atoms with van der Waals surface area (Å²) in [6.45, 7) is 5.34. The number of aromatic nitrogens is 2. The van der Waals surface area contributed by atoms with Gasteiger partial charge in [-0.15, -0.1) is 0 Å². The molecule has 0 aromatic carbocycles. The van der Waals surface area contributed by atoms with E-state index in [4.69, 9.17) is 10.5 Å². The van der Waals surface area contributed by atoms with Crippen molar-refractivity contribution in [3.8, 4) is 0 Å². The van der Waals surface area contributed by atoms with Crippen LogP contribution in [-0.2, 0) is 28.9 Å². The average molecular weight is 265 g/mol. The van der Waals surface area contributed by atoms with Gasteiger partial charge in [-0.3, -0.25) is 4.79 Å². The number of ether oxygens (including phenoxy) is 1. The summed E-state index contributed by atoms with van der Waals surface area (Å²) in [5.41, 5.74) is 6.04. The van der Waals surface area contributed by atoms with Crippen LogP contribution < -0.4 is 5.73 Å². The topological polar surface area (TPSA) is 70.1 Å². The summed E-state index contributed by atoms with van der Waals surface area (Å²) in [6.07, 6.45) is 6.03. The van der Waals surface area contributed by atoms with Crippen LogP contribution in [0.5, 0.6) is 0 Å². The molecule has 0 spiro atoms. The number of aryl methyl sites for hydroxylation is 2. The van der Waals surface area contributed by atoms with Gasteiger partial charge >= 0.3 is 5.97 Å². The van der Waals surface area contributed by atoms with Gasteiger partial charge in [-0.05, 0) is 26.7 Å². The minimum atomic E-state index is -0.680. The van der Waals surface area contributed by atoms with E-state index < -0.39 is 5.41 Å². The number of rotatable bonds is 5. The van der Waals surface area contributed by atoms with Gasteiger partial charge in [0.25, 0.3) is 0 Å². The molecule has 5 heteroatoms. The number of hydrogen-bond acceptors (Lipinski definition) is 4. The molecule has 0 aliphatic carbocycles. The zero-order valence-corrected chi connectivity index (χ0v) is 11.8. The Balaban J connectivity index is 2.13. The van der Waals surface area contributed by atoms with E-state index in [0.717, 1.165) is 24.5 Å². The van der Waals surface area contributed by atoms with Crippen LogP contribution in [0.25, 0.3) is 0 Å². The van der Waals surface area contributed by atoms with Gasteiger partial charge in [0, 0.05) is 32.1 Å². The lowest BCUT2D eigenvalue weighted by molar-refractivity contribution is -0.153. The standard InChI is InChI=1S/C14H23N3O2/c1-3-19-13(18)14(2,10-15)8-11-9-17-7-5-4-6-12(17)16-11/h9H,3-8,10,15H2,1-2H3. The van der Waals surface area contributed by atoms with Gasteiger partial charge in [0.1, 0.15) is 5.82 Å². The predicted molar refractivity (Wildman–Crippen MR) is 72.7 cm³/mol. The van der Waals surface area contributed by atoms with Crippen molar-refractivity contribution in [2.24, 2.45) is 11.1 Å². The molecule has 2 rings (SSSR count). The van der Waals surface area contributed by atoms with Crippen LogP contribution in [0.3, 0.4) is 0 Å². The second-order valence-electron chi connectivity index (χ2n) is 5.46. The first-order valence-corrected chi connectivity index (χ1v) is 7.01. The minimum absolute atomic E-state index is 0.233. The Morgan fingerprint density at radius 1 is 1.58 bits per heavy atom. The van der Waals surface area contributed by atoms with E-state index in [2.05, 4.69) is 15.7 Å². The third-order valence-electron chi connectivity index (χ3n) is 3.75. The van der Waals surface area contributed by atoms with Crippen molar-refractivity contribution < 1.29 is 9.53 Å². The Bertz CT molecular complexity index is 432. The molecular weight excluding hydrogens is 242 g/mol. The predicted octanol–water partition coefficient (Wildman–Crippen LogP) is 1.29. The van der Waals surface area contributed by atoms with Crippen LogP contribution in [0.1, 0.15) is 38.2 Å². The van der Waals surface area contributed by atoms with Crippen LogP contribution in [0.4, 0.5) is 0 Å². The number of imidazole rings is 1. The van der Waals surface area contributed by atoms with Gasteiger partial charge in [0.15, 0.2) is 0 Å². The molecule has 0 fully saturated rings. The fraction of sp³-hybridized carbons (Fsp3) is 0.714. The molecule has 19 heavy (non-hydrogen) atoms. The van der Waals surface area contributed by atoms with Gasteiger partial charge < -0.3 is 15.0 Å². The van der Waals surface area contributed by atoms with Crippen LogP contribution in [0.15, 0.2) is 6.20 Å². The highest BCUT2D eigenvalue weighted by atomic mass is 16.5. The van der Waals surface area contributed by atoms with Gasteiger partial charge in [0.05, 0.1) is 17.7 Å². The maximum atomic E-state index is 12.0. The lowest BCUT2D eigenvalue weighted by Crippen LogP contribution is -2.39. The molecule has 1 atom stereocenters. The summed E-state index contributed by atoms with van der Waals surface area (Å²) in [6, 6.07) is 0. The summed E-state index contributed by atoms with van der Waals surface area (Å²) in [5, 5.41) is 0. The first kappa shape index (κ1) is 14.1. The fourth-order valence-electron chi connectivity index (χ4n) is 2.49. The smallest absolute Gasteiger partial charge is 0.313 e. The van der Waals surface area contributed by atoms with Crippen molar-refractivity contribution in [1.82, 2.24) is 9.55 Å². The SMILES string of the molecule is CCOC(=O)C(C)(CN)Cc1cn2c(n1)CCCC2. The molecule has 0 amide bonds. The Hall–Kier alpha value is -1.36. The van der Waals surface area contributed by atoms with Gasteiger partial charge in [-0.25, -0.2) is 4.98 Å². The fourth-order valence-corrected chi connectivity index (χ4v) is 2.49. The zero-order chi connectivity index (χ0) is 13.9. The second kappa shape index (κ2) is 5.74. The number of carbonyl (C=O) groups excluding carboxylic acids is 1. The second-order valence-corrected chi connectivity index (χ2v) is 5.46. The Kier molecular flexibility index (Phi) is 4.24. The van der Waals surface area contributed by atoms with Crippen molar-refractivity contribution in [3.05, 3.63) is 17.7 Å². The molecule has 1 aliphatic heterocycles. The summed E-state index contributed by atoms with van der Waals surface area (Å²) in [7, 11) is 0. The first-order valence-electron chi connectivity index (χ1n) is 7.01. The minimum Gasteiger partial charge on any atom is -0.466 e. The van der Waals surface area contributed by atoms with Gasteiger partial charge in [-0.1, -0.05) is 0 Å². The molecule has 106 valence electrons. The zero-order valence-electron chi connectivity index (χ0n) is 11.8. The van der Waals surface area contributed by atoms with Gasteiger partial charge in [0.2, 0.25) is 0 Å². The van der Waals surface area contributed by atoms with Crippen LogP contribution in [0, 0.1) is 5.41 Å². The number of esters is 1. The van der Waals surface area contributed by atoms with E-state index in [-0.39, 0.29) is 12.5 Å². The molecule has 0 radical (unpaired) electrons. The molecule has 0 bridgehead atoms. The number of nitrogens with two attached hydrogens (primary N) is 1. The normalized spacial score (nSPS) is 17.6. The van der Waals surface area contributed by atoms with Crippen molar-refractivity contribution in [3.63, 3.8) is 0 Å². The summed E-state index contributed by atoms with van der Waals surface area (Å²) >= 11 is 0. The number of hydrogen-bond donors (Lipinski definition) is 1. The number of carbonyl (C=O) groups is 1. The molecule has 1 aromatic rings. The molecule has 2 heterocycles. The van der Waals surface area contributed by atoms with Crippen LogP contribution >= 0.6 is 0 Å². The molecule has 5 nitrogen and oxygen atoms in total. The quantitative estimate of drug-likeness (QED) is 0.814. The Morgan fingerprint density at radius 2 is 2.37 bits per heavy atom. The van der Waals surface area contributed by atoms with Crippen molar-refractivity contribution in [1.29, 1.82) is 0 Å². The van der Waals surface area contributed by atoms with Crippen molar-refractivity contribution in [2.45, 2.75) is 46.1 Å². The van der Waals surface area contributed by atoms with Crippen LogP contribution in [-0.4, -0.2) is 28.7 Å². The molecule has 1 aromatic heterocycles. The highest BCUT2D eigenvalue weighted by Crippen LogP contribution is 2.24. The van der Waals surface area contributed by atoms with Gasteiger partial charge in [-0.2, -0.15) is 0 Å². The largest absolute Gasteiger partial charge is 0.466 e. The Morgan fingerprint density at radius 3 is 3.00 bits per heavy atom. The Labute approximate surface area is 114 Å². The maximum Gasteiger partial charge on any atom is 0.313 e. The van der Waals surface area contributed by atoms with E-state index in [1.807, 2.05) is 13.8 Å². The average Bonchev–Trinajstić information content (AvgIpc) is 2.80. The van der Waals surface area contributed by atoms with Crippen molar-refractivity contribution >= 4 is 5.97 Å². The number of nitrogens with zero attached hydrogens (tertiary/aromatic N) is 2. The molecule has 1 aliphatic rings. The summed E-state index contributed by atoms with van der Waals surface area (Å²) in [4.78, 5) is 16.6. The van der Waals surface area contributed by atoms with E-state index in [9.17, 15) is 4.79 Å². The van der Waals surface area contributed by atoms with E-state index in [0.29, 0.717) is 13.0 Å². The molecule has 1 unspecified atom stereocenters. The maximum absolute atomic E-state index is 12.0. The van der Waals surface area contributed by atoms with Crippen LogP contribution in [0.2, 0.25) is 0 Å². The summed E-state index contributed by atoms with van der Waals surface area (Å²) in [5.74, 6) is 0.896. The third-order valence-corrected chi connectivity index (χ3v) is 3.75. The highest BCUT2D eigenvalue weighted by molar-refractivity contribution is 5.77. The first-order chi connectivity index (χ1) is 9.09. The lowest BCUT2D eigenvalue weighted by Gasteiger charge is -2.24. The number of fused-ring (bicyclic) bond motifs is 1. The molecule has 0 saturated heterocycles. The molecule has 0 saturated carbocycles. The molecular formula is C14H23N3O2. The molecule has 2 N–H and O–H groups in total. The lowest BCUT2D eigenvalue weighted by atomic mass is 9.86. The highest BCUT2D eigenvalue weighted by Gasteiger charge is 2.34. The van der Waals surface area contributed by atoms with E-state index >= 15 is 0 Å². The summed E-state index contributed by atoms with van der Waals surface area (Å²) < 4.78 is 7.31.